The van der Waals surface area contributed by atoms with Crippen molar-refractivity contribution >= 4 is 12.0 Å². The molecule has 0 spiro atoms. The van der Waals surface area contributed by atoms with E-state index in [1.807, 2.05) is 27.7 Å². The third kappa shape index (κ3) is 4.14. The van der Waals surface area contributed by atoms with E-state index in [2.05, 4.69) is 4.90 Å². The van der Waals surface area contributed by atoms with Crippen LogP contribution in [0.4, 0.5) is 4.79 Å². The summed E-state index contributed by atoms with van der Waals surface area (Å²) in [5, 5.41) is 0. The summed E-state index contributed by atoms with van der Waals surface area (Å²) in [7, 11) is 0. The summed E-state index contributed by atoms with van der Waals surface area (Å²) < 4.78 is 5.46. The lowest BCUT2D eigenvalue weighted by Gasteiger charge is -2.39. The molecule has 2 aliphatic heterocycles. The Morgan fingerprint density at radius 1 is 1.14 bits per heavy atom. The van der Waals surface area contributed by atoms with Gasteiger partial charge in [0, 0.05) is 32.1 Å². The summed E-state index contributed by atoms with van der Waals surface area (Å²) in [5.41, 5.74) is -0.454. The minimum Gasteiger partial charge on any atom is -0.444 e. The Morgan fingerprint density at radius 3 is 2.50 bits per heavy atom. The van der Waals surface area contributed by atoms with Gasteiger partial charge in [0.25, 0.3) is 0 Å². The van der Waals surface area contributed by atoms with Crippen LogP contribution in [-0.4, -0.2) is 53.1 Å². The molecule has 0 saturated carbocycles. The van der Waals surface area contributed by atoms with Gasteiger partial charge in [-0.3, -0.25) is 4.79 Å². The minimum atomic E-state index is -0.454. The monoisotopic (exact) mass is 310 g/mol. The number of likely N-dealkylation sites (tertiary alicyclic amines) is 2. The highest BCUT2D eigenvalue weighted by Gasteiger charge is 2.38. The number of amides is 2. The summed E-state index contributed by atoms with van der Waals surface area (Å²) in [6.45, 7) is 9.93. The first-order valence-corrected chi connectivity index (χ1v) is 8.59. The Labute approximate surface area is 134 Å². The zero-order chi connectivity index (χ0) is 16.3. The van der Waals surface area contributed by atoms with E-state index < -0.39 is 5.60 Å². The standard InChI is InChI=1S/C17H30N2O3/c1-5-15(20)19-10-7-6-8-14(19)13-9-11-18(12-13)16(21)22-17(2,3)4/h13-14H,5-12H2,1-4H3/t13-,14+/m0/s1. The Balaban J connectivity index is 1.96. The van der Waals surface area contributed by atoms with Crippen LogP contribution in [0.5, 0.6) is 0 Å². The smallest absolute Gasteiger partial charge is 0.410 e. The summed E-state index contributed by atoms with van der Waals surface area (Å²) in [6, 6.07) is 0.300. The van der Waals surface area contributed by atoms with Gasteiger partial charge in [0.2, 0.25) is 5.91 Å². The molecule has 0 bridgehead atoms. The third-order valence-corrected chi connectivity index (χ3v) is 4.59. The van der Waals surface area contributed by atoms with Crippen LogP contribution < -0.4 is 0 Å². The van der Waals surface area contributed by atoms with Crippen molar-refractivity contribution in [3.05, 3.63) is 0 Å². The van der Waals surface area contributed by atoms with E-state index in [1.54, 1.807) is 4.90 Å². The highest BCUT2D eigenvalue weighted by molar-refractivity contribution is 5.76. The lowest BCUT2D eigenvalue weighted by molar-refractivity contribution is -0.135. The number of carbonyl (C=O) groups is 2. The maximum absolute atomic E-state index is 12.2. The van der Waals surface area contributed by atoms with E-state index in [9.17, 15) is 9.59 Å². The van der Waals surface area contributed by atoms with Crippen LogP contribution in [0, 0.1) is 5.92 Å². The van der Waals surface area contributed by atoms with Crippen LogP contribution in [-0.2, 0) is 9.53 Å². The minimum absolute atomic E-state index is 0.223. The fourth-order valence-corrected chi connectivity index (χ4v) is 3.55. The fraction of sp³-hybridized carbons (Fsp3) is 0.882. The first kappa shape index (κ1) is 17.1. The molecule has 2 amide bonds. The summed E-state index contributed by atoms with van der Waals surface area (Å²) >= 11 is 0. The molecule has 2 aliphatic rings. The predicted molar refractivity (Wildman–Crippen MR) is 85.6 cm³/mol. The van der Waals surface area contributed by atoms with E-state index >= 15 is 0 Å². The van der Waals surface area contributed by atoms with Crippen molar-refractivity contribution < 1.29 is 14.3 Å². The van der Waals surface area contributed by atoms with E-state index in [1.165, 1.54) is 6.42 Å². The SMILES string of the molecule is CCC(=O)N1CCCC[C@@H]1[C@H]1CCN(C(=O)OC(C)(C)C)C1. The maximum atomic E-state index is 12.2. The van der Waals surface area contributed by atoms with Crippen molar-refractivity contribution in [1.82, 2.24) is 9.80 Å². The zero-order valence-electron chi connectivity index (χ0n) is 14.4. The number of piperidine rings is 1. The Hall–Kier alpha value is -1.26. The molecule has 5 nitrogen and oxygen atoms in total. The Bertz CT molecular complexity index is 417. The van der Waals surface area contributed by atoms with Crippen LogP contribution in [0.25, 0.3) is 0 Å². The molecular formula is C17H30N2O3. The van der Waals surface area contributed by atoms with Crippen molar-refractivity contribution in [3.8, 4) is 0 Å². The van der Waals surface area contributed by atoms with Crippen molar-refractivity contribution in [2.45, 2.75) is 71.4 Å². The number of ether oxygens (including phenoxy) is 1. The highest BCUT2D eigenvalue weighted by Crippen LogP contribution is 2.31. The Morgan fingerprint density at radius 2 is 1.86 bits per heavy atom. The number of hydrogen-bond acceptors (Lipinski definition) is 3. The molecule has 5 heteroatoms. The van der Waals surface area contributed by atoms with E-state index in [4.69, 9.17) is 4.74 Å². The van der Waals surface area contributed by atoms with Crippen molar-refractivity contribution in [2.75, 3.05) is 19.6 Å². The largest absolute Gasteiger partial charge is 0.444 e. The fourth-order valence-electron chi connectivity index (χ4n) is 3.55. The number of nitrogens with zero attached hydrogens (tertiary/aromatic N) is 2. The summed E-state index contributed by atoms with van der Waals surface area (Å²) in [6.07, 6.45) is 4.67. The second-order valence-corrected chi connectivity index (χ2v) is 7.48. The van der Waals surface area contributed by atoms with Crippen LogP contribution >= 0.6 is 0 Å². The van der Waals surface area contributed by atoms with Crippen LogP contribution in [0.3, 0.4) is 0 Å². The third-order valence-electron chi connectivity index (χ3n) is 4.59. The molecule has 0 unspecified atom stereocenters. The van der Waals surface area contributed by atoms with Crippen molar-refractivity contribution in [1.29, 1.82) is 0 Å². The van der Waals surface area contributed by atoms with Gasteiger partial charge in [0.15, 0.2) is 0 Å². The van der Waals surface area contributed by atoms with Gasteiger partial charge in [-0.25, -0.2) is 4.79 Å². The van der Waals surface area contributed by atoms with Crippen molar-refractivity contribution in [2.24, 2.45) is 5.92 Å². The van der Waals surface area contributed by atoms with Gasteiger partial charge in [-0.05, 0) is 52.4 Å². The molecule has 22 heavy (non-hydrogen) atoms. The molecule has 2 saturated heterocycles. The summed E-state index contributed by atoms with van der Waals surface area (Å²) in [4.78, 5) is 28.2. The van der Waals surface area contributed by atoms with Crippen LogP contribution in [0.2, 0.25) is 0 Å². The van der Waals surface area contributed by atoms with Gasteiger partial charge in [-0.15, -0.1) is 0 Å². The van der Waals surface area contributed by atoms with E-state index in [0.717, 1.165) is 32.4 Å². The lowest BCUT2D eigenvalue weighted by Crippen LogP contribution is -2.48. The molecule has 0 aromatic carbocycles. The quantitative estimate of drug-likeness (QED) is 0.787. The molecule has 0 aromatic heterocycles. The number of hydrogen-bond donors (Lipinski definition) is 0. The molecule has 2 rings (SSSR count). The van der Waals surface area contributed by atoms with Gasteiger partial charge >= 0.3 is 6.09 Å². The second-order valence-electron chi connectivity index (χ2n) is 7.48. The number of carbonyl (C=O) groups excluding carboxylic acids is 2. The van der Waals surface area contributed by atoms with Gasteiger partial charge in [0.05, 0.1) is 0 Å². The number of rotatable bonds is 2. The zero-order valence-corrected chi connectivity index (χ0v) is 14.4. The second kappa shape index (κ2) is 6.88. The summed E-state index contributed by atoms with van der Waals surface area (Å²) in [5.74, 6) is 0.642. The molecule has 126 valence electrons. The molecule has 2 fully saturated rings. The average Bonchev–Trinajstić information content (AvgIpc) is 2.94. The first-order valence-electron chi connectivity index (χ1n) is 8.59. The molecule has 0 aromatic rings. The van der Waals surface area contributed by atoms with E-state index in [0.29, 0.717) is 24.9 Å². The predicted octanol–water partition coefficient (Wildman–Crippen LogP) is 3.03. The molecule has 2 atom stereocenters. The maximum Gasteiger partial charge on any atom is 0.410 e. The van der Waals surface area contributed by atoms with Crippen LogP contribution in [0.1, 0.15) is 59.8 Å². The van der Waals surface area contributed by atoms with Crippen molar-refractivity contribution in [3.63, 3.8) is 0 Å². The van der Waals surface area contributed by atoms with Gasteiger partial charge in [-0.1, -0.05) is 6.92 Å². The molecule has 0 aliphatic carbocycles. The lowest BCUT2D eigenvalue weighted by atomic mass is 9.89. The molecule has 0 radical (unpaired) electrons. The van der Waals surface area contributed by atoms with Crippen LogP contribution in [0.15, 0.2) is 0 Å². The van der Waals surface area contributed by atoms with Gasteiger partial charge in [-0.2, -0.15) is 0 Å². The first-order chi connectivity index (χ1) is 10.3. The molecular weight excluding hydrogens is 280 g/mol. The molecule has 0 N–H and O–H groups in total. The van der Waals surface area contributed by atoms with Gasteiger partial charge in [0.1, 0.15) is 5.60 Å². The van der Waals surface area contributed by atoms with E-state index in [-0.39, 0.29) is 12.0 Å². The highest BCUT2D eigenvalue weighted by atomic mass is 16.6. The topological polar surface area (TPSA) is 49.9 Å². The molecule has 2 heterocycles. The normalized spacial score (nSPS) is 26.2. The van der Waals surface area contributed by atoms with Gasteiger partial charge < -0.3 is 14.5 Å². The Kier molecular flexibility index (Phi) is 5.35. The average molecular weight is 310 g/mol.